The molecule has 17 heavy (non-hydrogen) atoms. The second-order valence-electron chi connectivity index (χ2n) is 5.57. The van der Waals surface area contributed by atoms with Gasteiger partial charge in [-0.2, -0.15) is 0 Å². The van der Waals surface area contributed by atoms with Crippen LogP contribution in [0.5, 0.6) is 0 Å². The van der Waals surface area contributed by atoms with Gasteiger partial charge in [-0.3, -0.25) is 0 Å². The molecule has 1 aliphatic heterocycles. The molecule has 1 aromatic carbocycles. The molecule has 0 bridgehead atoms. The second kappa shape index (κ2) is 5.54. The summed E-state index contributed by atoms with van der Waals surface area (Å²) >= 11 is 0. The zero-order chi connectivity index (χ0) is 12.3. The van der Waals surface area contributed by atoms with Crippen LogP contribution >= 0.6 is 0 Å². The summed E-state index contributed by atoms with van der Waals surface area (Å²) in [6, 6.07) is 9.70. The Morgan fingerprint density at radius 2 is 2.00 bits per heavy atom. The lowest BCUT2D eigenvalue weighted by Gasteiger charge is -2.33. The van der Waals surface area contributed by atoms with E-state index in [0.717, 1.165) is 25.6 Å². The maximum atomic E-state index is 3.48. The number of anilines is 1. The Balaban J connectivity index is 2.01. The van der Waals surface area contributed by atoms with E-state index in [-0.39, 0.29) is 0 Å². The van der Waals surface area contributed by atoms with Crippen molar-refractivity contribution in [1.82, 2.24) is 5.32 Å². The number of benzene rings is 1. The predicted molar refractivity (Wildman–Crippen MR) is 74.7 cm³/mol. The molecule has 0 amide bonds. The third kappa shape index (κ3) is 3.47. The van der Waals surface area contributed by atoms with Crippen LogP contribution in [0, 0.1) is 5.92 Å². The van der Waals surface area contributed by atoms with Gasteiger partial charge >= 0.3 is 0 Å². The summed E-state index contributed by atoms with van der Waals surface area (Å²) in [6.07, 6.45) is 1.18. The van der Waals surface area contributed by atoms with Gasteiger partial charge in [-0.15, -0.1) is 0 Å². The van der Waals surface area contributed by atoms with Gasteiger partial charge in [0.25, 0.3) is 0 Å². The molecule has 1 fully saturated rings. The first-order valence-corrected chi connectivity index (χ1v) is 6.72. The van der Waals surface area contributed by atoms with Crippen LogP contribution < -0.4 is 10.2 Å². The molecule has 1 unspecified atom stereocenters. The number of nitrogens with zero attached hydrogens (tertiary/aromatic N) is 1. The molecule has 0 saturated carbocycles. The van der Waals surface area contributed by atoms with E-state index in [2.05, 4.69) is 55.3 Å². The molecular weight excluding hydrogens is 208 g/mol. The van der Waals surface area contributed by atoms with Crippen molar-refractivity contribution >= 4 is 5.69 Å². The lowest BCUT2D eigenvalue weighted by atomic mass is 10.0. The van der Waals surface area contributed by atoms with E-state index < -0.39 is 0 Å². The third-order valence-electron chi connectivity index (χ3n) is 3.31. The van der Waals surface area contributed by atoms with E-state index in [1.807, 2.05) is 0 Å². The minimum atomic E-state index is 0.596. The summed E-state index contributed by atoms with van der Waals surface area (Å²) in [4.78, 5) is 2.47. The first kappa shape index (κ1) is 12.4. The largest absolute Gasteiger partial charge is 0.369 e. The normalized spacial score (nSPS) is 20.9. The van der Waals surface area contributed by atoms with Crippen LogP contribution in [-0.2, 0) is 6.42 Å². The van der Waals surface area contributed by atoms with Crippen LogP contribution in [0.15, 0.2) is 24.3 Å². The van der Waals surface area contributed by atoms with Gasteiger partial charge in [0, 0.05) is 31.4 Å². The van der Waals surface area contributed by atoms with Gasteiger partial charge in [-0.25, -0.2) is 0 Å². The lowest BCUT2D eigenvalue weighted by Crippen LogP contribution is -2.49. The van der Waals surface area contributed by atoms with Crippen molar-refractivity contribution in [3.63, 3.8) is 0 Å². The van der Waals surface area contributed by atoms with Crippen molar-refractivity contribution in [2.24, 2.45) is 5.92 Å². The Hall–Kier alpha value is -1.02. The second-order valence-corrected chi connectivity index (χ2v) is 5.57. The van der Waals surface area contributed by atoms with E-state index in [0.29, 0.717) is 6.04 Å². The molecule has 94 valence electrons. The summed E-state index contributed by atoms with van der Waals surface area (Å²) in [6.45, 7) is 10.1. The Bertz CT molecular complexity index is 342. The number of rotatable bonds is 3. The number of piperazine rings is 1. The van der Waals surface area contributed by atoms with Crippen LogP contribution in [0.4, 0.5) is 5.69 Å². The molecule has 0 spiro atoms. The van der Waals surface area contributed by atoms with Gasteiger partial charge in [-0.1, -0.05) is 26.0 Å². The summed E-state index contributed by atoms with van der Waals surface area (Å²) in [5.74, 6) is 0.736. The smallest absolute Gasteiger partial charge is 0.0367 e. The van der Waals surface area contributed by atoms with Gasteiger partial charge in [-0.05, 0) is 37.0 Å². The maximum Gasteiger partial charge on any atom is 0.0367 e. The molecule has 1 heterocycles. The van der Waals surface area contributed by atoms with Gasteiger partial charge in [0.05, 0.1) is 0 Å². The highest BCUT2D eigenvalue weighted by molar-refractivity contribution is 5.48. The van der Waals surface area contributed by atoms with E-state index in [1.54, 1.807) is 0 Å². The fourth-order valence-electron chi connectivity index (χ4n) is 2.48. The zero-order valence-corrected chi connectivity index (χ0v) is 11.2. The molecule has 1 N–H and O–H groups in total. The minimum absolute atomic E-state index is 0.596. The predicted octanol–water partition coefficient (Wildman–Crippen LogP) is 2.68. The standard InChI is InChI=1S/C15H24N2/c1-12(2)10-14-4-6-15(7-5-14)17-9-8-16-13(3)11-17/h4-7,12-13,16H,8-11H2,1-3H3. The zero-order valence-electron chi connectivity index (χ0n) is 11.2. The first-order chi connectivity index (χ1) is 8.15. The van der Waals surface area contributed by atoms with Crippen LogP contribution in [-0.4, -0.2) is 25.7 Å². The Kier molecular flexibility index (Phi) is 4.06. The maximum absolute atomic E-state index is 3.48. The summed E-state index contributed by atoms with van der Waals surface area (Å²) in [5.41, 5.74) is 2.82. The molecule has 0 aliphatic carbocycles. The first-order valence-electron chi connectivity index (χ1n) is 6.72. The van der Waals surface area contributed by atoms with Crippen molar-refractivity contribution in [2.45, 2.75) is 33.2 Å². The Morgan fingerprint density at radius 3 is 2.59 bits per heavy atom. The Labute approximate surface area is 105 Å². The van der Waals surface area contributed by atoms with Crippen LogP contribution in [0.25, 0.3) is 0 Å². The number of nitrogens with one attached hydrogen (secondary N) is 1. The summed E-state index contributed by atoms with van der Waals surface area (Å²) in [5, 5.41) is 3.48. The SMILES string of the molecule is CC(C)Cc1ccc(N2CCNC(C)C2)cc1. The minimum Gasteiger partial charge on any atom is -0.369 e. The topological polar surface area (TPSA) is 15.3 Å². The highest BCUT2D eigenvalue weighted by Crippen LogP contribution is 2.18. The van der Waals surface area contributed by atoms with Crippen LogP contribution in [0.3, 0.4) is 0 Å². The molecule has 1 atom stereocenters. The molecule has 1 aliphatic rings. The molecular formula is C15H24N2. The van der Waals surface area contributed by atoms with Crippen molar-refractivity contribution < 1.29 is 0 Å². The number of hydrogen-bond donors (Lipinski definition) is 1. The van der Waals surface area contributed by atoms with E-state index in [4.69, 9.17) is 0 Å². The average Bonchev–Trinajstić information content (AvgIpc) is 2.29. The molecule has 2 heteroatoms. The lowest BCUT2D eigenvalue weighted by molar-refractivity contribution is 0.485. The van der Waals surface area contributed by atoms with E-state index in [1.165, 1.54) is 17.7 Å². The summed E-state index contributed by atoms with van der Waals surface area (Å²) in [7, 11) is 0. The van der Waals surface area contributed by atoms with Gasteiger partial charge < -0.3 is 10.2 Å². The van der Waals surface area contributed by atoms with Crippen LogP contribution in [0.2, 0.25) is 0 Å². The molecule has 2 rings (SSSR count). The monoisotopic (exact) mass is 232 g/mol. The van der Waals surface area contributed by atoms with Crippen molar-refractivity contribution in [3.8, 4) is 0 Å². The van der Waals surface area contributed by atoms with Crippen LogP contribution in [0.1, 0.15) is 26.3 Å². The van der Waals surface area contributed by atoms with E-state index >= 15 is 0 Å². The fraction of sp³-hybridized carbons (Fsp3) is 0.600. The molecule has 2 nitrogen and oxygen atoms in total. The molecule has 1 saturated heterocycles. The van der Waals surface area contributed by atoms with Gasteiger partial charge in [0.2, 0.25) is 0 Å². The third-order valence-corrected chi connectivity index (χ3v) is 3.31. The Morgan fingerprint density at radius 1 is 1.29 bits per heavy atom. The van der Waals surface area contributed by atoms with Crippen molar-refractivity contribution in [2.75, 3.05) is 24.5 Å². The fourth-order valence-corrected chi connectivity index (χ4v) is 2.48. The summed E-state index contributed by atoms with van der Waals surface area (Å²) < 4.78 is 0. The highest BCUT2D eigenvalue weighted by Gasteiger charge is 2.15. The van der Waals surface area contributed by atoms with Crippen molar-refractivity contribution in [1.29, 1.82) is 0 Å². The van der Waals surface area contributed by atoms with Crippen molar-refractivity contribution in [3.05, 3.63) is 29.8 Å². The highest BCUT2D eigenvalue weighted by atomic mass is 15.2. The van der Waals surface area contributed by atoms with E-state index in [9.17, 15) is 0 Å². The van der Waals surface area contributed by atoms with Gasteiger partial charge in [0.15, 0.2) is 0 Å². The quantitative estimate of drug-likeness (QED) is 0.862. The average molecular weight is 232 g/mol. The molecule has 0 aromatic heterocycles. The number of hydrogen-bond acceptors (Lipinski definition) is 2. The van der Waals surface area contributed by atoms with Gasteiger partial charge in [0.1, 0.15) is 0 Å². The molecule has 1 aromatic rings. The molecule has 0 radical (unpaired) electrons.